The Bertz CT molecular complexity index is 342. The largest absolute Gasteiger partial charge is 0.321 e. The second kappa shape index (κ2) is 3.93. The predicted octanol–water partition coefficient (Wildman–Crippen LogP) is 2.93. The van der Waals surface area contributed by atoms with Crippen LogP contribution in [0.15, 0.2) is 24.3 Å². The number of hydrogen-bond acceptors (Lipinski definition) is 1. The summed E-state index contributed by atoms with van der Waals surface area (Å²) < 4.78 is 12.9. The highest BCUT2D eigenvalue weighted by Gasteiger charge is 2.34. The zero-order valence-corrected chi connectivity index (χ0v) is 9.17. The monoisotopic (exact) mass is 207 g/mol. The van der Waals surface area contributed by atoms with E-state index in [1.165, 1.54) is 12.0 Å². The van der Waals surface area contributed by atoms with Crippen LogP contribution in [0.5, 0.6) is 0 Å². The van der Waals surface area contributed by atoms with E-state index < -0.39 is 6.17 Å². The molecule has 1 unspecified atom stereocenters. The summed E-state index contributed by atoms with van der Waals surface area (Å²) in [4.78, 5) is 0. The van der Waals surface area contributed by atoms with Crippen LogP contribution >= 0.6 is 0 Å². The Kier molecular flexibility index (Phi) is 2.79. The molecule has 1 saturated carbocycles. The Hall–Kier alpha value is -0.890. The molecule has 2 N–H and O–H groups in total. The third kappa shape index (κ3) is 2.20. The second-order valence-electron chi connectivity index (χ2n) is 4.69. The molecule has 1 nitrogen and oxygen atoms in total. The van der Waals surface area contributed by atoms with Gasteiger partial charge in [-0.3, -0.25) is 0 Å². The van der Waals surface area contributed by atoms with E-state index in [-0.39, 0.29) is 5.54 Å². The van der Waals surface area contributed by atoms with Gasteiger partial charge in [0.15, 0.2) is 0 Å². The molecule has 0 amide bonds. The summed E-state index contributed by atoms with van der Waals surface area (Å²) in [6.07, 6.45) is 3.03. The van der Waals surface area contributed by atoms with E-state index in [0.29, 0.717) is 6.42 Å². The van der Waals surface area contributed by atoms with Crippen molar-refractivity contribution >= 4 is 0 Å². The number of rotatable bonds is 3. The Balaban J connectivity index is 2.19. The van der Waals surface area contributed by atoms with E-state index >= 15 is 0 Å². The van der Waals surface area contributed by atoms with Crippen LogP contribution in [0.4, 0.5) is 4.39 Å². The fourth-order valence-corrected chi connectivity index (χ4v) is 2.18. The topological polar surface area (TPSA) is 26.0 Å². The zero-order valence-electron chi connectivity index (χ0n) is 9.17. The van der Waals surface area contributed by atoms with Crippen molar-refractivity contribution < 1.29 is 4.39 Å². The molecule has 1 atom stereocenters. The Morgan fingerprint density at radius 1 is 1.47 bits per heavy atom. The maximum Gasteiger partial charge on any atom is 0.101 e. The third-order valence-electron chi connectivity index (χ3n) is 3.26. The molecule has 15 heavy (non-hydrogen) atoms. The summed E-state index contributed by atoms with van der Waals surface area (Å²) in [6.45, 7) is 1.59. The smallest absolute Gasteiger partial charge is 0.101 e. The SMILES string of the molecule is CC(F)Cc1cccc(C2(N)CCC2)c1. The van der Waals surface area contributed by atoms with Crippen LogP contribution in [0, 0.1) is 0 Å². The molecule has 1 fully saturated rings. The first-order valence-electron chi connectivity index (χ1n) is 5.62. The van der Waals surface area contributed by atoms with Crippen LogP contribution in [0.3, 0.4) is 0 Å². The molecular formula is C13H18FN. The molecule has 2 heteroatoms. The summed E-state index contributed by atoms with van der Waals surface area (Å²) >= 11 is 0. The highest BCUT2D eigenvalue weighted by molar-refractivity contribution is 5.31. The van der Waals surface area contributed by atoms with Crippen LogP contribution in [-0.4, -0.2) is 6.17 Å². The van der Waals surface area contributed by atoms with Gasteiger partial charge in [-0.2, -0.15) is 0 Å². The molecule has 0 heterocycles. The van der Waals surface area contributed by atoms with Crippen molar-refractivity contribution in [3.63, 3.8) is 0 Å². The lowest BCUT2D eigenvalue weighted by Gasteiger charge is -2.38. The fourth-order valence-electron chi connectivity index (χ4n) is 2.18. The molecule has 0 aromatic heterocycles. The Morgan fingerprint density at radius 2 is 2.20 bits per heavy atom. The van der Waals surface area contributed by atoms with E-state index in [1.807, 2.05) is 12.1 Å². The number of nitrogens with two attached hydrogens (primary N) is 1. The van der Waals surface area contributed by atoms with Crippen LogP contribution < -0.4 is 5.73 Å². The van der Waals surface area contributed by atoms with Crippen molar-refractivity contribution in [3.05, 3.63) is 35.4 Å². The molecule has 0 bridgehead atoms. The van der Waals surface area contributed by atoms with Crippen molar-refractivity contribution in [2.24, 2.45) is 5.73 Å². The minimum absolute atomic E-state index is 0.129. The number of hydrogen-bond donors (Lipinski definition) is 1. The van der Waals surface area contributed by atoms with E-state index in [1.54, 1.807) is 6.92 Å². The van der Waals surface area contributed by atoms with Crippen LogP contribution in [0.2, 0.25) is 0 Å². The summed E-state index contributed by atoms with van der Waals surface area (Å²) in [6, 6.07) is 8.09. The normalized spacial score (nSPS) is 20.7. The number of benzene rings is 1. The highest BCUT2D eigenvalue weighted by Crippen LogP contribution is 2.38. The van der Waals surface area contributed by atoms with Crippen molar-refractivity contribution in [2.75, 3.05) is 0 Å². The van der Waals surface area contributed by atoms with Crippen LogP contribution in [0.25, 0.3) is 0 Å². The van der Waals surface area contributed by atoms with Gasteiger partial charge < -0.3 is 5.73 Å². The van der Waals surface area contributed by atoms with Crippen molar-refractivity contribution in [1.82, 2.24) is 0 Å². The van der Waals surface area contributed by atoms with Gasteiger partial charge in [0.25, 0.3) is 0 Å². The zero-order chi connectivity index (χ0) is 10.9. The van der Waals surface area contributed by atoms with Gasteiger partial charge in [0, 0.05) is 12.0 Å². The molecule has 1 aromatic rings. The van der Waals surface area contributed by atoms with E-state index in [2.05, 4.69) is 12.1 Å². The van der Waals surface area contributed by atoms with Gasteiger partial charge in [-0.05, 0) is 37.3 Å². The standard InChI is InChI=1S/C13H18FN/c1-10(14)8-11-4-2-5-12(9-11)13(15)6-3-7-13/h2,4-5,9-10H,3,6-8,15H2,1H3. The molecule has 0 aliphatic heterocycles. The first-order valence-corrected chi connectivity index (χ1v) is 5.62. The molecule has 1 aromatic carbocycles. The third-order valence-corrected chi connectivity index (χ3v) is 3.26. The summed E-state index contributed by atoms with van der Waals surface area (Å²) in [7, 11) is 0. The summed E-state index contributed by atoms with van der Waals surface area (Å²) in [5.41, 5.74) is 8.33. The molecule has 1 aliphatic carbocycles. The van der Waals surface area contributed by atoms with Gasteiger partial charge in [0.1, 0.15) is 6.17 Å². The molecule has 0 radical (unpaired) electrons. The van der Waals surface area contributed by atoms with E-state index in [0.717, 1.165) is 18.4 Å². The van der Waals surface area contributed by atoms with E-state index in [4.69, 9.17) is 5.73 Å². The lowest BCUT2D eigenvalue weighted by Crippen LogP contribution is -2.43. The lowest BCUT2D eigenvalue weighted by molar-refractivity contribution is 0.253. The molecular weight excluding hydrogens is 189 g/mol. The van der Waals surface area contributed by atoms with Crippen LogP contribution in [-0.2, 0) is 12.0 Å². The first kappa shape index (κ1) is 10.6. The summed E-state index contributed by atoms with van der Waals surface area (Å²) in [5, 5.41) is 0. The fraction of sp³-hybridized carbons (Fsp3) is 0.538. The Labute approximate surface area is 90.5 Å². The van der Waals surface area contributed by atoms with Gasteiger partial charge in [-0.15, -0.1) is 0 Å². The highest BCUT2D eigenvalue weighted by atomic mass is 19.1. The average molecular weight is 207 g/mol. The maximum absolute atomic E-state index is 12.9. The van der Waals surface area contributed by atoms with Gasteiger partial charge in [0.05, 0.1) is 0 Å². The number of alkyl halides is 1. The van der Waals surface area contributed by atoms with Crippen molar-refractivity contribution in [2.45, 2.75) is 44.3 Å². The maximum atomic E-state index is 12.9. The average Bonchev–Trinajstić information content (AvgIpc) is 2.13. The van der Waals surface area contributed by atoms with E-state index in [9.17, 15) is 4.39 Å². The van der Waals surface area contributed by atoms with Crippen LogP contribution in [0.1, 0.15) is 37.3 Å². The molecule has 0 saturated heterocycles. The lowest BCUT2D eigenvalue weighted by atomic mass is 9.72. The van der Waals surface area contributed by atoms with Crippen molar-refractivity contribution in [1.29, 1.82) is 0 Å². The quantitative estimate of drug-likeness (QED) is 0.810. The molecule has 0 spiro atoms. The number of halogens is 1. The molecule has 2 rings (SSSR count). The predicted molar refractivity (Wildman–Crippen MR) is 60.4 cm³/mol. The van der Waals surface area contributed by atoms with Gasteiger partial charge in [-0.25, -0.2) is 4.39 Å². The van der Waals surface area contributed by atoms with Gasteiger partial charge in [0.2, 0.25) is 0 Å². The second-order valence-corrected chi connectivity index (χ2v) is 4.69. The summed E-state index contributed by atoms with van der Waals surface area (Å²) in [5.74, 6) is 0. The Morgan fingerprint density at radius 3 is 2.73 bits per heavy atom. The van der Waals surface area contributed by atoms with Gasteiger partial charge >= 0.3 is 0 Å². The molecule has 1 aliphatic rings. The molecule has 82 valence electrons. The van der Waals surface area contributed by atoms with Gasteiger partial charge in [-0.1, -0.05) is 24.3 Å². The first-order chi connectivity index (χ1) is 7.10. The minimum atomic E-state index is -0.782. The minimum Gasteiger partial charge on any atom is -0.321 e. The van der Waals surface area contributed by atoms with Crippen molar-refractivity contribution in [3.8, 4) is 0 Å².